The molecule has 7 nitrogen and oxygen atoms in total. The molecule has 0 aliphatic carbocycles. The smallest absolute Gasteiger partial charge is 0.162 e. The van der Waals surface area contributed by atoms with E-state index < -0.39 is 11.6 Å². The SMILES string of the molecule is COC(C)(C)COCc1nc(C)c(-c2cccc(-c3cc(F)c4n[nH]nc4c3F)n2)s1. The van der Waals surface area contributed by atoms with Crippen LogP contribution in [-0.4, -0.2) is 44.7 Å². The number of thiazole rings is 1. The van der Waals surface area contributed by atoms with Crippen molar-refractivity contribution in [1.29, 1.82) is 0 Å². The molecule has 3 heterocycles. The number of H-pyrrole nitrogens is 1. The highest BCUT2D eigenvalue weighted by Crippen LogP contribution is 2.33. The molecule has 31 heavy (non-hydrogen) atoms. The highest BCUT2D eigenvalue weighted by Gasteiger charge is 2.20. The molecule has 0 amide bonds. The van der Waals surface area contributed by atoms with Gasteiger partial charge in [0, 0.05) is 12.7 Å². The molecule has 162 valence electrons. The molecule has 0 spiro atoms. The first kappa shape index (κ1) is 21.4. The zero-order valence-corrected chi connectivity index (χ0v) is 18.3. The first-order valence-corrected chi connectivity index (χ1v) is 10.4. The van der Waals surface area contributed by atoms with Crippen LogP contribution in [0.4, 0.5) is 8.78 Å². The van der Waals surface area contributed by atoms with Crippen LogP contribution in [0.15, 0.2) is 24.3 Å². The van der Waals surface area contributed by atoms with Crippen LogP contribution in [0.1, 0.15) is 24.5 Å². The number of pyridine rings is 1. The molecule has 0 saturated carbocycles. The second kappa shape index (κ2) is 8.37. The lowest BCUT2D eigenvalue weighted by atomic mass is 10.1. The van der Waals surface area contributed by atoms with Gasteiger partial charge in [-0.25, -0.2) is 18.7 Å². The van der Waals surface area contributed by atoms with E-state index in [0.717, 1.165) is 21.6 Å². The van der Waals surface area contributed by atoms with E-state index in [0.29, 0.717) is 24.6 Å². The lowest BCUT2D eigenvalue weighted by Crippen LogP contribution is -2.28. The van der Waals surface area contributed by atoms with Crippen molar-refractivity contribution in [3.05, 3.63) is 46.6 Å². The molecule has 0 aliphatic heterocycles. The quantitative estimate of drug-likeness (QED) is 0.445. The van der Waals surface area contributed by atoms with E-state index in [1.807, 2.05) is 26.8 Å². The Bertz CT molecular complexity index is 1240. The van der Waals surface area contributed by atoms with Crippen LogP contribution in [0.5, 0.6) is 0 Å². The first-order chi connectivity index (χ1) is 14.8. The topological polar surface area (TPSA) is 85.8 Å². The van der Waals surface area contributed by atoms with Crippen LogP contribution in [0.3, 0.4) is 0 Å². The minimum absolute atomic E-state index is 0.0215. The molecule has 0 unspecified atom stereocenters. The van der Waals surface area contributed by atoms with Gasteiger partial charge in [0.25, 0.3) is 0 Å². The Labute approximate surface area is 181 Å². The first-order valence-electron chi connectivity index (χ1n) is 9.54. The van der Waals surface area contributed by atoms with Crippen molar-refractivity contribution < 1.29 is 18.3 Å². The lowest BCUT2D eigenvalue weighted by Gasteiger charge is -2.22. The van der Waals surface area contributed by atoms with Gasteiger partial charge in [-0.1, -0.05) is 6.07 Å². The Morgan fingerprint density at radius 1 is 1.10 bits per heavy atom. The van der Waals surface area contributed by atoms with Crippen molar-refractivity contribution in [2.24, 2.45) is 0 Å². The molecular weight excluding hydrogens is 424 g/mol. The number of hydrogen-bond donors (Lipinski definition) is 1. The zero-order valence-electron chi connectivity index (χ0n) is 17.5. The van der Waals surface area contributed by atoms with Crippen molar-refractivity contribution in [1.82, 2.24) is 25.4 Å². The third-order valence-electron chi connectivity index (χ3n) is 4.82. The van der Waals surface area contributed by atoms with Crippen LogP contribution >= 0.6 is 11.3 Å². The third-order valence-corrected chi connectivity index (χ3v) is 5.97. The molecule has 0 saturated heterocycles. The van der Waals surface area contributed by atoms with Gasteiger partial charge in [0.05, 0.1) is 40.8 Å². The minimum Gasteiger partial charge on any atom is -0.376 e. The molecule has 0 aliphatic rings. The Balaban J connectivity index is 1.62. The molecule has 10 heteroatoms. The number of benzene rings is 1. The summed E-state index contributed by atoms with van der Waals surface area (Å²) in [5.41, 5.74) is 1.05. The average molecular weight is 445 g/mol. The summed E-state index contributed by atoms with van der Waals surface area (Å²) in [6.07, 6.45) is 0. The fourth-order valence-electron chi connectivity index (χ4n) is 3.03. The fraction of sp³-hybridized carbons (Fsp3) is 0.333. The highest BCUT2D eigenvalue weighted by atomic mass is 32.1. The molecule has 0 radical (unpaired) electrons. The van der Waals surface area contributed by atoms with Gasteiger partial charge in [-0.2, -0.15) is 15.4 Å². The normalized spacial score (nSPS) is 12.1. The number of aromatic amines is 1. The van der Waals surface area contributed by atoms with Gasteiger partial charge in [0.1, 0.15) is 5.01 Å². The number of nitrogens with zero attached hydrogens (tertiary/aromatic N) is 4. The van der Waals surface area contributed by atoms with Crippen molar-refractivity contribution in [2.75, 3.05) is 13.7 Å². The Hall–Kier alpha value is -2.82. The van der Waals surface area contributed by atoms with Crippen molar-refractivity contribution in [3.8, 4) is 21.8 Å². The highest BCUT2D eigenvalue weighted by molar-refractivity contribution is 7.15. The van der Waals surface area contributed by atoms with E-state index in [4.69, 9.17) is 9.47 Å². The number of ether oxygens (including phenoxy) is 2. The summed E-state index contributed by atoms with van der Waals surface area (Å²) in [5, 5.41) is 10.4. The molecule has 1 aromatic carbocycles. The summed E-state index contributed by atoms with van der Waals surface area (Å²) in [6.45, 7) is 6.55. The van der Waals surface area contributed by atoms with Gasteiger partial charge in [0.2, 0.25) is 0 Å². The number of rotatable bonds is 7. The predicted molar refractivity (Wildman–Crippen MR) is 114 cm³/mol. The minimum atomic E-state index is -0.675. The second-order valence-electron chi connectivity index (χ2n) is 7.63. The summed E-state index contributed by atoms with van der Waals surface area (Å²) < 4.78 is 40.3. The number of hydrogen-bond acceptors (Lipinski definition) is 7. The van der Waals surface area contributed by atoms with Gasteiger partial charge in [-0.05, 0) is 39.0 Å². The summed E-state index contributed by atoms with van der Waals surface area (Å²) >= 11 is 1.45. The van der Waals surface area contributed by atoms with Crippen LogP contribution in [0.25, 0.3) is 32.9 Å². The Morgan fingerprint density at radius 3 is 2.61 bits per heavy atom. The Kier molecular flexibility index (Phi) is 5.78. The van der Waals surface area contributed by atoms with Gasteiger partial charge >= 0.3 is 0 Å². The Morgan fingerprint density at radius 2 is 1.84 bits per heavy atom. The van der Waals surface area contributed by atoms with Gasteiger partial charge < -0.3 is 9.47 Å². The summed E-state index contributed by atoms with van der Waals surface area (Å²) in [7, 11) is 1.64. The predicted octanol–water partition coefficient (Wildman–Crippen LogP) is 4.67. The number of nitrogens with one attached hydrogen (secondary N) is 1. The molecule has 3 aromatic heterocycles. The molecular formula is C21H21F2N5O2S. The maximum Gasteiger partial charge on any atom is 0.162 e. The number of methoxy groups -OCH3 is 1. The van der Waals surface area contributed by atoms with Crippen LogP contribution in [0, 0.1) is 18.6 Å². The van der Waals surface area contributed by atoms with E-state index in [1.165, 1.54) is 11.3 Å². The molecule has 0 fully saturated rings. The van der Waals surface area contributed by atoms with Gasteiger partial charge in [-0.15, -0.1) is 11.3 Å². The summed E-state index contributed by atoms with van der Waals surface area (Å²) in [6, 6.07) is 6.27. The third kappa shape index (κ3) is 4.32. The number of aromatic nitrogens is 5. The fourth-order valence-corrected chi connectivity index (χ4v) is 4.00. The van der Waals surface area contributed by atoms with Crippen molar-refractivity contribution in [2.45, 2.75) is 33.0 Å². The van der Waals surface area contributed by atoms with Crippen molar-refractivity contribution >= 4 is 22.4 Å². The van der Waals surface area contributed by atoms with E-state index in [9.17, 15) is 8.78 Å². The number of fused-ring (bicyclic) bond motifs is 1. The van der Waals surface area contributed by atoms with E-state index in [2.05, 4.69) is 25.4 Å². The molecule has 4 rings (SSSR count). The summed E-state index contributed by atoms with van der Waals surface area (Å²) in [5.74, 6) is -1.34. The maximum atomic E-state index is 14.9. The van der Waals surface area contributed by atoms with Crippen LogP contribution < -0.4 is 0 Å². The van der Waals surface area contributed by atoms with E-state index in [-0.39, 0.29) is 22.2 Å². The van der Waals surface area contributed by atoms with Crippen molar-refractivity contribution in [3.63, 3.8) is 0 Å². The van der Waals surface area contributed by atoms with Crippen LogP contribution in [0.2, 0.25) is 0 Å². The second-order valence-corrected chi connectivity index (χ2v) is 8.71. The zero-order chi connectivity index (χ0) is 22.2. The lowest BCUT2D eigenvalue weighted by molar-refractivity contribution is -0.0554. The van der Waals surface area contributed by atoms with E-state index in [1.54, 1.807) is 19.2 Å². The largest absolute Gasteiger partial charge is 0.376 e. The van der Waals surface area contributed by atoms with Gasteiger partial charge in [-0.3, -0.25) is 0 Å². The standard InChI is InChI=1S/C21H21F2N5O2S/c1-11-20(31-16(24-11)9-30-10-21(2,3)29-4)15-7-5-6-14(25-15)12-8-13(22)18-19(17(12)23)27-28-26-18/h5-8H,9-10H2,1-4H3,(H,26,27,28). The number of aryl methyl sites for hydroxylation is 1. The average Bonchev–Trinajstić information content (AvgIpc) is 3.38. The monoisotopic (exact) mass is 445 g/mol. The summed E-state index contributed by atoms with van der Waals surface area (Å²) in [4.78, 5) is 9.96. The molecule has 1 N–H and O–H groups in total. The van der Waals surface area contributed by atoms with Gasteiger partial charge in [0.15, 0.2) is 22.7 Å². The molecule has 4 aromatic rings. The molecule has 0 bridgehead atoms. The van der Waals surface area contributed by atoms with Crippen LogP contribution in [-0.2, 0) is 16.1 Å². The molecule has 0 atom stereocenters. The number of halogens is 2. The maximum absolute atomic E-state index is 14.9. The van der Waals surface area contributed by atoms with E-state index >= 15 is 0 Å².